The van der Waals surface area contributed by atoms with Crippen LogP contribution in [-0.4, -0.2) is 48.5 Å². The topological polar surface area (TPSA) is 81.6 Å². The third-order valence-electron chi connectivity index (χ3n) is 1.58. The van der Waals surface area contributed by atoms with E-state index in [9.17, 15) is 4.79 Å². The van der Waals surface area contributed by atoms with Gasteiger partial charge >= 0.3 is 0 Å². The van der Waals surface area contributed by atoms with Crippen LogP contribution < -0.4 is 10.6 Å². The molecule has 14 heavy (non-hydrogen) atoms. The van der Waals surface area contributed by atoms with Gasteiger partial charge in [0.25, 0.3) is 0 Å². The maximum Gasteiger partial charge on any atom is 0.233 e. The first-order valence-electron chi connectivity index (χ1n) is 4.82. The van der Waals surface area contributed by atoms with Crippen LogP contribution in [0.25, 0.3) is 0 Å². The highest BCUT2D eigenvalue weighted by molar-refractivity contribution is 5.77. The minimum Gasteiger partial charge on any atom is -0.394 e. The molecule has 84 valence electrons. The summed E-state index contributed by atoms with van der Waals surface area (Å²) in [4.78, 5) is 11.1. The summed E-state index contributed by atoms with van der Waals surface area (Å²) in [7, 11) is 0. The number of aliphatic hydroxyl groups excluding tert-OH is 2. The molecular weight excluding hydrogens is 184 g/mol. The van der Waals surface area contributed by atoms with Crippen LogP contribution in [0.15, 0.2) is 0 Å². The number of rotatable bonds is 7. The summed E-state index contributed by atoms with van der Waals surface area (Å²) in [6.45, 7) is 4.80. The average Bonchev–Trinajstić information content (AvgIpc) is 2.14. The van der Waals surface area contributed by atoms with Crippen LogP contribution in [0, 0.1) is 5.92 Å². The third-order valence-corrected chi connectivity index (χ3v) is 1.58. The summed E-state index contributed by atoms with van der Waals surface area (Å²) in [6.07, 6.45) is -0.798. The lowest BCUT2D eigenvalue weighted by Gasteiger charge is -2.10. The lowest BCUT2D eigenvalue weighted by Crippen LogP contribution is -2.39. The van der Waals surface area contributed by atoms with Crippen molar-refractivity contribution < 1.29 is 15.0 Å². The molecule has 5 nitrogen and oxygen atoms in total. The van der Waals surface area contributed by atoms with E-state index in [0.29, 0.717) is 12.5 Å². The van der Waals surface area contributed by atoms with Gasteiger partial charge in [0, 0.05) is 13.1 Å². The van der Waals surface area contributed by atoms with Crippen molar-refractivity contribution in [3.63, 3.8) is 0 Å². The molecule has 0 radical (unpaired) electrons. The van der Waals surface area contributed by atoms with E-state index >= 15 is 0 Å². The van der Waals surface area contributed by atoms with Gasteiger partial charge in [-0.15, -0.1) is 0 Å². The lowest BCUT2D eigenvalue weighted by molar-refractivity contribution is -0.120. The Labute approximate surface area is 84.5 Å². The SMILES string of the molecule is CC(C)CNC(=O)CNCC(O)CO. The van der Waals surface area contributed by atoms with Crippen LogP contribution in [0.4, 0.5) is 0 Å². The Bertz CT molecular complexity index is 162. The minimum absolute atomic E-state index is 0.0937. The van der Waals surface area contributed by atoms with Crippen LogP contribution >= 0.6 is 0 Å². The second-order valence-electron chi connectivity index (χ2n) is 3.67. The number of carbonyl (C=O) groups is 1. The predicted octanol–water partition coefficient (Wildman–Crippen LogP) is -1.30. The van der Waals surface area contributed by atoms with Gasteiger partial charge in [-0.3, -0.25) is 4.79 Å². The normalized spacial score (nSPS) is 12.9. The molecule has 1 atom stereocenters. The van der Waals surface area contributed by atoms with Gasteiger partial charge in [-0.2, -0.15) is 0 Å². The highest BCUT2D eigenvalue weighted by Crippen LogP contribution is 1.86. The molecule has 1 amide bonds. The summed E-state index contributed by atoms with van der Waals surface area (Å²) in [5, 5.41) is 22.9. The minimum atomic E-state index is -0.798. The van der Waals surface area contributed by atoms with Gasteiger partial charge in [0.05, 0.1) is 19.3 Å². The van der Waals surface area contributed by atoms with E-state index in [1.165, 1.54) is 0 Å². The van der Waals surface area contributed by atoms with E-state index < -0.39 is 6.10 Å². The number of amides is 1. The van der Waals surface area contributed by atoms with Gasteiger partial charge in [-0.05, 0) is 5.92 Å². The van der Waals surface area contributed by atoms with E-state index in [1.54, 1.807) is 0 Å². The van der Waals surface area contributed by atoms with Gasteiger partial charge < -0.3 is 20.8 Å². The monoisotopic (exact) mass is 204 g/mol. The molecule has 0 fully saturated rings. The summed E-state index contributed by atoms with van der Waals surface area (Å²) in [5.74, 6) is 0.339. The molecule has 0 spiro atoms. The van der Waals surface area contributed by atoms with Crippen molar-refractivity contribution in [2.75, 3.05) is 26.2 Å². The molecule has 0 aromatic carbocycles. The van der Waals surface area contributed by atoms with E-state index in [1.807, 2.05) is 13.8 Å². The van der Waals surface area contributed by atoms with Crippen LogP contribution in [0.2, 0.25) is 0 Å². The van der Waals surface area contributed by atoms with Crippen molar-refractivity contribution in [2.45, 2.75) is 20.0 Å². The summed E-state index contributed by atoms with van der Waals surface area (Å²) in [6, 6.07) is 0. The Balaban J connectivity index is 3.35. The van der Waals surface area contributed by atoms with Crippen LogP contribution in [0.1, 0.15) is 13.8 Å². The number of aliphatic hydroxyl groups is 2. The molecule has 0 aromatic rings. The summed E-state index contributed by atoms with van der Waals surface area (Å²) in [5.41, 5.74) is 0. The van der Waals surface area contributed by atoms with Crippen molar-refractivity contribution in [1.82, 2.24) is 10.6 Å². The molecule has 0 saturated heterocycles. The standard InChI is InChI=1S/C9H20N2O3/c1-7(2)3-11-9(14)5-10-4-8(13)6-12/h7-8,10,12-13H,3-6H2,1-2H3,(H,11,14). The fraction of sp³-hybridized carbons (Fsp3) is 0.889. The smallest absolute Gasteiger partial charge is 0.233 e. The van der Waals surface area contributed by atoms with E-state index in [-0.39, 0.29) is 25.6 Å². The van der Waals surface area contributed by atoms with Crippen LogP contribution in [0.3, 0.4) is 0 Å². The maximum atomic E-state index is 11.1. The molecule has 0 aliphatic rings. The summed E-state index contributed by atoms with van der Waals surface area (Å²) >= 11 is 0. The second-order valence-corrected chi connectivity index (χ2v) is 3.67. The third kappa shape index (κ3) is 7.97. The van der Waals surface area contributed by atoms with Crippen LogP contribution in [-0.2, 0) is 4.79 Å². The molecule has 0 rings (SSSR count). The van der Waals surface area contributed by atoms with Gasteiger partial charge in [0.15, 0.2) is 0 Å². The summed E-state index contributed by atoms with van der Waals surface area (Å²) < 4.78 is 0. The molecule has 5 heteroatoms. The number of carbonyl (C=O) groups excluding carboxylic acids is 1. The molecule has 1 unspecified atom stereocenters. The highest BCUT2D eigenvalue weighted by atomic mass is 16.3. The molecule has 0 heterocycles. The molecule has 0 bridgehead atoms. The Morgan fingerprint density at radius 1 is 1.36 bits per heavy atom. The van der Waals surface area contributed by atoms with Gasteiger partial charge in [0.2, 0.25) is 5.91 Å². The Kier molecular flexibility index (Phi) is 7.37. The van der Waals surface area contributed by atoms with Crippen molar-refractivity contribution in [1.29, 1.82) is 0 Å². The molecule has 0 aromatic heterocycles. The van der Waals surface area contributed by atoms with Gasteiger partial charge in [0.1, 0.15) is 0 Å². The zero-order valence-electron chi connectivity index (χ0n) is 8.79. The number of nitrogens with one attached hydrogen (secondary N) is 2. The van der Waals surface area contributed by atoms with E-state index in [2.05, 4.69) is 10.6 Å². The zero-order valence-corrected chi connectivity index (χ0v) is 8.79. The highest BCUT2D eigenvalue weighted by Gasteiger charge is 2.04. The Hall–Kier alpha value is -0.650. The number of hydrogen-bond donors (Lipinski definition) is 4. The fourth-order valence-corrected chi connectivity index (χ4v) is 0.797. The largest absolute Gasteiger partial charge is 0.394 e. The molecule has 0 aliphatic heterocycles. The molecule has 0 saturated carbocycles. The second kappa shape index (κ2) is 7.73. The van der Waals surface area contributed by atoms with Crippen LogP contribution in [0.5, 0.6) is 0 Å². The van der Waals surface area contributed by atoms with Crippen molar-refractivity contribution in [2.24, 2.45) is 5.92 Å². The van der Waals surface area contributed by atoms with Gasteiger partial charge in [-0.1, -0.05) is 13.8 Å². The van der Waals surface area contributed by atoms with Gasteiger partial charge in [-0.25, -0.2) is 0 Å². The van der Waals surface area contributed by atoms with Crippen molar-refractivity contribution >= 4 is 5.91 Å². The zero-order chi connectivity index (χ0) is 11.0. The maximum absolute atomic E-state index is 11.1. The van der Waals surface area contributed by atoms with E-state index in [0.717, 1.165) is 0 Å². The van der Waals surface area contributed by atoms with Crippen molar-refractivity contribution in [3.05, 3.63) is 0 Å². The molecule has 4 N–H and O–H groups in total. The number of hydrogen-bond acceptors (Lipinski definition) is 4. The quantitative estimate of drug-likeness (QED) is 0.415. The predicted molar refractivity (Wildman–Crippen MR) is 53.8 cm³/mol. The van der Waals surface area contributed by atoms with Crippen molar-refractivity contribution in [3.8, 4) is 0 Å². The molecule has 0 aliphatic carbocycles. The molecular formula is C9H20N2O3. The Morgan fingerprint density at radius 3 is 2.50 bits per heavy atom. The fourth-order valence-electron chi connectivity index (χ4n) is 0.797. The first-order valence-corrected chi connectivity index (χ1v) is 4.82. The first-order chi connectivity index (χ1) is 6.56. The lowest BCUT2D eigenvalue weighted by atomic mass is 10.2. The average molecular weight is 204 g/mol. The van der Waals surface area contributed by atoms with E-state index in [4.69, 9.17) is 10.2 Å². The first kappa shape index (κ1) is 13.4. The Morgan fingerprint density at radius 2 is 2.00 bits per heavy atom.